The van der Waals surface area contributed by atoms with Gasteiger partial charge in [-0.05, 0) is 23.3 Å². The van der Waals surface area contributed by atoms with Crippen molar-refractivity contribution in [3.63, 3.8) is 0 Å². The lowest BCUT2D eigenvalue weighted by Gasteiger charge is -2.18. The van der Waals surface area contributed by atoms with Gasteiger partial charge in [0, 0.05) is 36.4 Å². The van der Waals surface area contributed by atoms with Crippen molar-refractivity contribution in [1.29, 1.82) is 5.41 Å². The molecular weight excluding hydrogens is 553 g/mol. The number of nitrogens with zero attached hydrogens (tertiary/aromatic N) is 1. The van der Waals surface area contributed by atoms with Crippen LogP contribution in [0.3, 0.4) is 0 Å². The maximum Gasteiger partial charge on any atom is 0.491 e. The highest BCUT2D eigenvalue weighted by Gasteiger charge is 2.43. The van der Waals surface area contributed by atoms with E-state index in [1.807, 2.05) is 5.32 Å². The summed E-state index contributed by atoms with van der Waals surface area (Å²) in [6.45, 7) is -0.914. The fourth-order valence-electron chi connectivity index (χ4n) is 3.32. The number of alkyl halides is 3. The van der Waals surface area contributed by atoms with Crippen LogP contribution in [-0.2, 0) is 32.2 Å². The average Bonchev–Trinajstić information content (AvgIpc) is 2.92. The van der Waals surface area contributed by atoms with Gasteiger partial charge in [-0.2, -0.15) is 13.2 Å². The number of amides is 2. The van der Waals surface area contributed by atoms with E-state index < -0.39 is 48.3 Å². The minimum atomic E-state index is -5.49. The van der Waals surface area contributed by atoms with Crippen LogP contribution in [-0.4, -0.2) is 53.1 Å². The van der Waals surface area contributed by atoms with Crippen LogP contribution in [0.5, 0.6) is 0 Å². The molecule has 6 N–H and O–H groups in total. The number of halogens is 3. The zero-order valence-corrected chi connectivity index (χ0v) is 21.0. The fourth-order valence-corrected chi connectivity index (χ4v) is 3.32. The summed E-state index contributed by atoms with van der Waals surface area (Å²) < 4.78 is 47.7. The Morgan fingerprint density at radius 1 is 1.00 bits per heavy atom. The van der Waals surface area contributed by atoms with Gasteiger partial charge < -0.3 is 31.2 Å². The van der Waals surface area contributed by atoms with Crippen LogP contribution in [0.25, 0.3) is 5.52 Å². The molecular formula is C25H23F3N6O7. The first kappa shape index (κ1) is 30.1. The molecule has 216 valence electrons. The maximum absolute atomic E-state index is 12.7. The molecule has 2 amide bonds. The quantitative estimate of drug-likeness (QED) is 0.107. The minimum absolute atomic E-state index is 0.162. The normalized spacial score (nSPS) is 11.7. The topological polar surface area (TPSA) is 194 Å². The third kappa shape index (κ3) is 8.81. The lowest BCUT2D eigenvalue weighted by atomic mass is 10.2. The SMILES string of the molecule is N=C(N)NCc1ccc2cc(C(=O)NC[C@H](NC(=O)OCc3ccccc3)C(=O)OC(=O)C(F)(F)F)cc(=O)n2c1. The highest BCUT2D eigenvalue weighted by molar-refractivity contribution is 5.96. The molecule has 3 rings (SSSR count). The first-order chi connectivity index (χ1) is 19.3. The van der Waals surface area contributed by atoms with E-state index >= 15 is 0 Å². The van der Waals surface area contributed by atoms with Crippen LogP contribution in [0.15, 0.2) is 65.6 Å². The van der Waals surface area contributed by atoms with Gasteiger partial charge in [-0.3, -0.25) is 19.4 Å². The number of aromatic nitrogens is 1. The first-order valence-electron chi connectivity index (χ1n) is 11.6. The zero-order valence-electron chi connectivity index (χ0n) is 21.0. The number of alkyl carbamates (subject to hydrolysis) is 1. The van der Waals surface area contributed by atoms with Gasteiger partial charge in [0.2, 0.25) is 0 Å². The van der Waals surface area contributed by atoms with E-state index in [0.717, 1.165) is 6.07 Å². The average molecular weight is 576 g/mol. The van der Waals surface area contributed by atoms with Gasteiger partial charge in [0.15, 0.2) is 5.96 Å². The maximum atomic E-state index is 12.7. The second kappa shape index (κ2) is 13.1. The molecule has 3 aromatic rings. The second-order valence-corrected chi connectivity index (χ2v) is 8.36. The van der Waals surface area contributed by atoms with Crippen LogP contribution in [0.1, 0.15) is 21.5 Å². The monoisotopic (exact) mass is 576 g/mol. The van der Waals surface area contributed by atoms with Crippen molar-refractivity contribution in [2.45, 2.75) is 25.4 Å². The lowest BCUT2D eigenvalue weighted by Crippen LogP contribution is -2.50. The molecule has 0 saturated carbocycles. The van der Waals surface area contributed by atoms with Crippen LogP contribution < -0.4 is 27.2 Å². The van der Waals surface area contributed by atoms with Gasteiger partial charge in [-0.1, -0.05) is 36.4 Å². The van der Waals surface area contributed by atoms with E-state index in [1.54, 1.807) is 36.4 Å². The first-order valence-corrected chi connectivity index (χ1v) is 11.6. The van der Waals surface area contributed by atoms with Gasteiger partial charge in [0.05, 0.1) is 0 Å². The summed E-state index contributed by atoms with van der Waals surface area (Å²) in [5.41, 5.74) is 5.92. The Hall–Kier alpha value is -5.41. The van der Waals surface area contributed by atoms with Crippen LogP contribution >= 0.6 is 0 Å². The molecule has 41 heavy (non-hydrogen) atoms. The summed E-state index contributed by atoms with van der Waals surface area (Å²) in [4.78, 5) is 60.9. The highest BCUT2D eigenvalue weighted by atomic mass is 19.4. The number of hydrogen-bond acceptors (Lipinski definition) is 8. The second-order valence-electron chi connectivity index (χ2n) is 8.36. The molecule has 16 heteroatoms. The summed E-state index contributed by atoms with van der Waals surface area (Å²) in [5, 5.41) is 13.9. The van der Waals surface area contributed by atoms with E-state index in [2.05, 4.69) is 15.4 Å². The van der Waals surface area contributed by atoms with Crippen LogP contribution in [0, 0.1) is 5.41 Å². The van der Waals surface area contributed by atoms with Gasteiger partial charge in [-0.25, -0.2) is 14.4 Å². The molecule has 0 spiro atoms. The zero-order chi connectivity index (χ0) is 30.2. The summed E-state index contributed by atoms with van der Waals surface area (Å²) in [6.07, 6.45) is -5.28. The molecule has 2 heterocycles. The summed E-state index contributed by atoms with van der Waals surface area (Å²) >= 11 is 0. The largest absolute Gasteiger partial charge is 0.491 e. The highest BCUT2D eigenvalue weighted by Crippen LogP contribution is 2.17. The number of rotatable bonds is 9. The van der Waals surface area contributed by atoms with E-state index in [1.165, 1.54) is 22.7 Å². The minimum Gasteiger partial charge on any atom is -0.445 e. The number of esters is 2. The molecule has 0 fully saturated rings. The number of fused-ring (bicyclic) bond motifs is 1. The molecule has 0 bridgehead atoms. The van der Waals surface area contributed by atoms with Gasteiger partial charge in [0.25, 0.3) is 11.5 Å². The summed E-state index contributed by atoms with van der Waals surface area (Å²) in [5.74, 6) is -5.83. The number of pyridine rings is 2. The number of hydrogen-bond donors (Lipinski definition) is 5. The molecule has 0 aliphatic heterocycles. The molecule has 2 aromatic heterocycles. The van der Waals surface area contributed by atoms with E-state index in [9.17, 15) is 37.1 Å². The number of nitrogens with one attached hydrogen (secondary N) is 4. The number of nitrogens with two attached hydrogens (primary N) is 1. The van der Waals surface area contributed by atoms with E-state index in [4.69, 9.17) is 15.9 Å². The molecule has 0 aliphatic carbocycles. The van der Waals surface area contributed by atoms with Gasteiger partial charge in [0.1, 0.15) is 12.6 Å². The number of ether oxygens (including phenoxy) is 2. The Kier molecular flexibility index (Phi) is 9.63. The van der Waals surface area contributed by atoms with Crippen molar-refractivity contribution in [2.75, 3.05) is 6.54 Å². The van der Waals surface area contributed by atoms with E-state index in [0.29, 0.717) is 16.6 Å². The smallest absolute Gasteiger partial charge is 0.445 e. The fraction of sp³-hybridized carbons (Fsp3) is 0.200. The Balaban J connectivity index is 1.72. The molecule has 0 aliphatic rings. The molecule has 1 aromatic carbocycles. The number of carbonyl (C=O) groups is 4. The number of guanidine groups is 1. The van der Waals surface area contributed by atoms with Crippen molar-refractivity contribution in [3.05, 3.63) is 87.8 Å². The molecule has 0 saturated heterocycles. The standard InChI is InChI=1S/C25H23F3N6O7/c26-25(27,28)22(38)41-21(37)18(33-24(39)40-13-14-4-2-1-3-5-14)11-31-20(36)16-8-17-7-6-15(10-32-23(29)30)12-34(17)19(35)9-16/h1-9,12,18H,10-11,13H2,(H,31,36)(H,33,39)(H4,29,30,32)/t18-/m0/s1. The summed E-state index contributed by atoms with van der Waals surface area (Å²) in [7, 11) is 0. The summed E-state index contributed by atoms with van der Waals surface area (Å²) in [6, 6.07) is 11.7. The van der Waals surface area contributed by atoms with Crippen molar-refractivity contribution < 1.29 is 41.8 Å². The predicted molar refractivity (Wildman–Crippen MR) is 135 cm³/mol. The molecule has 0 unspecified atom stereocenters. The van der Waals surface area contributed by atoms with Gasteiger partial charge >= 0.3 is 24.2 Å². The van der Waals surface area contributed by atoms with Crippen LogP contribution in [0.2, 0.25) is 0 Å². The number of carbonyl (C=O) groups excluding carboxylic acids is 4. The van der Waals surface area contributed by atoms with E-state index in [-0.39, 0.29) is 24.7 Å². The Labute approximate surface area is 228 Å². The van der Waals surface area contributed by atoms with Gasteiger partial charge in [-0.15, -0.1) is 0 Å². The number of benzene rings is 1. The van der Waals surface area contributed by atoms with Crippen molar-refractivity contribution in [3.8, 4) is 0 Å². The Morgan fingerprint density at radius 2 is 1.71 bits per heavy atom. The van der Waals surface area contributed by atoms with Crippen molar-refractivity contribution >= 4 is 35.4 Å². The third-order valence-electron chi connectivity index (χ3n) is 5.29. The predicted octanol–water partition coefficient (Wildman–Crippen LogP) is 0.939. The van der Waals surface area contributed by atoms with Crippen molar-refractivity contribution in [1.82, 2.24) is 20.4 Å². The molecule has 1 atom stereocenters. The lowest BCUT2D eigenvalue weighted by molar-refractivity contribution is -0.202. The third-order valence-corrected chi connectivity index (χ3v) is 5.29. The Bertz CT molecular complexity index is 1530. The molecule has 0 radical (unpaired) electrons. The van der Waals surface area contributed by atoms with Crippen LogP contribution in [0.4, 0.5) is 18.0 Å². The van der Waals surface area contributed by atoms with Crippen molar-refractivity contribution in [2.24, 2.45) is 5.73 Å². The Morgan fingerprint density at radius 3 is 2.37 bits per heavy atom. The molecule has 13 nitrogen and oxygen atoms in total.